The molecule has 0 spiro atoms. The Hall–Kier alpha value is -2.26. The summed E-state index contributed by atoms with van der Waals surface area (Å²) in [4.78, 5) is 26.1. The molecular formula is C25H35NO2. The fraction of sp³-hybridized carbons (Fsp3) is 0.440. The number of rotatable bonds is 11. The van der Waals surface area contributed by atoms with Gasteiger partial charge in [-0.15, -0.1) is 0 Å². The van der Waals surface area contributed by atoms with Crippen molar-refractivity contribution in [1.29, 1.82) is 0 Å². The Balaban J connectivity index is 0.000000295. The summed E-state index contributed by atoms with van der Waals surface area (Å²) in [5, 5.41) is 0. The molecule has 0 unspecified atom stereocenters. The van der Waals surface area contributed by atoms with Crippen molar-refractivity contribution in [2.75, 3.05) is 19.6 Å². The molecule has 0 aliphatic carbocycles. The van der Waals surface area contributed by atoms with Gasteiger partial charge in [0.05, 0.1) is 0 Å². The number of nitrogens with zero attached hydrogens (tertiary/aromatic N) is 1. The Kier molecular flexibility index (Phi) is 12.5. The van der Waals surface area contributed by atoms with Crippen molar-refractivity contribution in [3.63, 3.8) is 0 Å². The van der Waals surface area contributed by atoms with Crippen LogP contribution in [0.2, 0.25) is 0 Å². The van der Waals surface area contributed by atoms with E-state index >= 15 is 0 Å². The van der Waals surface area contributed by atoms with E-state index in [1.807, 2.05) is 12.1 Å². The number of hydrogen-bond acceptors (Lipinski definition) is 3. The van der Waals surface area contributed by atoms with E-state index in [0.29, 0.717) is 11.1 Å². The third-order valence-corrected chi connectivity index (χ3v) is 4.75. The fourth-order valence-electron chi connectivity index (χ4n) is 2.92. The highest BCUT2D eigenvalue weighted by atomic mass is 16.2. The molecule has 28 heavy (non-hydrogen) atoms. The first kappa shape index (κ1) is 23.8. The van der Waals surface area contributed by atoms with E-state index in [0.717, 1.165) is 0 Å². The van der Waals surface area contributed by atoms with Gasteiger partial charge in [-0.3, -0.25) is 9.59 Å². The molecule has 0 heterocycles. The van der Waals surface area contributed by atoms with Gasteiger partial charge in [0.25, 0.3) is 0 Å². The monoisotopic (exact) mass is 381 g/mol. The molecule has 2 aromatic rings. The lowest BCUT2D eigenvalue weighted by molar-refractivity contribution is 0.0817. The molecule has 0 atom stereocenters. The number of Topliss-reactive ketones (excluding diaryl/α,β-unsaturated/α-hetero) is 2. The first-order valence-corrected chi connectivity index (χ1v) is 10.5. The average molecular weight is 382 g/mol. The van der Waals surface area contributed by atoms with Crippen molar-refractivity contribution in [3.8, 4) is 0 Å². The van der Waals surface area contributed by atoms with Crippen molar-refractivity contribution >= 4 is 11.6 Å². The van der Waals surface area contributed by atoms with Crippen molar-refractivity contribution in [1.82, 2.24) is 4.90 Å². The number of benzene rings is 2. The van der Waals surface area contributed by atoms with Crippen LogP contribution in [0.15, 0.2) is 60.7 Å². The third-order valence-electron chi connectivity index (χ3n) is 4.75. The van der Waals surface area contributed by atoms with Crippen LogP contribution >= 0.6 is 0 Å². The number of ketones is 2. The summed E-state index contributed by atoms with van der Waals surface area (Å²) in [6.07, 6.45) is 7.01. The summed E-state index contributed by atoms with van der Waals surface area (Å²) >= 11 is 0. The minimum Gasteiger partial charge on any atom is -0.304 e. The number of carbonyl (C=O) groups excluding carboxylic acids is 2. The first-order valence-electron chi connectivity index (χ1n) is 10.5. The van der Waals surface area contributed by atoms with Gasteiger partial charge in [0.1, 0.15) is 0 Å². The van der Waals surface area contributed by atoms with E-state index in [9.17, 15) is 9.59 Å². The number of hydrogen-bond donors (Lipinski definition) is 0. The molecule has 0 bridgehead atoms. The molecule has 0 saturated heterocycles. The maximum Gasteiger partial charge on any atom is 0.233 e. The molecule has 0 saturated carbocycles. The van der Waals surface area contributed by atoms with Crippen LogP contribution in [0, 0.1) is 0 Å². The predicted molar refractivity (Wildman–Crippen MR) is 118 cm³/mol. The van der Waals surface area contributed by atoms with E-state index in [-0.39, 0.29) is 0 Å². The maximum atomic E-state index is 11.8. The van der Waals surface area contributed by atoms with Gasteiger partial charge in [-0.2, -0.15) is 0 Å². The van der Waals surface area contributed by atoms with E-state index in [4.69, 9.17) is 0 Å². The van der Waals surface area contributed by atoms with Gasteiger partial charge in [0, 0.05) is 11.1 Å². The largest absolute Gasteiger partial charge is 0.304 e. The van der Waals surface area contributed by atoms with E-state index < -0.39 is 11.6 Å². The minimum absolute atomic E-state index is 0.427. The lowest BCUT2D eigenvalue weighted by Crippen LogP contribution is -2.23. The van der Waals surface area contributed by atoms with Crippen LogP contribution in [-0.4, -0.2) is 36.1 Å². The average Bonchev–Trinajstić information content (AvgIpc) is 2.77. The zero-order chi connectivity index (χ0) is 20.6. The van der Waals surface area contributed by atoms with Crippen LogP contribution in [0.4, 0.5) is 0 Å². The highest BCUT2D eigenvalue weighted by Gasteiger charge is 2.17. The highest BCUT2D eigenvalue weighted by Crippen LogP contribution is 2.07. The topological polar surface area (TPSA) is 37.4 Å². The van der Waals surface area contributed by atoms with Crippen molar-refractivity contribution < 1.29 is 9.59 Å². The quantitative estimate of drug-likeness (QED) is 0.270. The Morgan fingerprint density at radius 3 is 1.46 bits per heavy atom. The second-order valence-corrected chi connectivity index (χ2v) is 6.83. The summed E-state index contributed by atoms with van der Waals surface area (Å²) in [7, 11) is 0. The van der Waals surface area contributed by atoms with Crippen LogP contribution in [0.1, 0.15) is 73.6 Å². The van der Waals surface area contributed by atoms with Crippen molar-refractivity contribution in [2.45, 2.75) is 52.9 Å². The van der Waals surface area contributed by atoms with Gasteiger partial charge in [-0.05, 0) is 26.1 Å². The SMILES string of the molecule is CCCCCCCN(CC)CC.O=C(C(=O)c1ccccc1)c1ccccc1. The summed E-state index contributed by atoms with van der Waals surface area (Å²) in [5.74, 6) is -0.932. The second kappa shape index (κ2) is 14.8. The summed E-state index contributed by atoms with van der Waals surface area (Å²) in [5.41, 5.74) is 0.854. The van der Waals surface area contributed by atoms with Gasteiger partial charge in [-0.1, -0.05) is 107 Å². The molecule has 0 N–H and O–H groups in total. The highest BCUT2D eigenvalue weighted by molar-refractivity contribution is 6.49. The second-order valence-electron chi connectivity index (χ2n) is 6.83. The van der Waals surface area contributed by atoms with Gasteiger partial charge in [0.15, 0.2) is 0 Å². The number of carbonyl (C=O) groups is 2. The molecule has 2 rings (SSSR count). The van der Waals surface area contributed by atoms with Gasteiger partial charge in [0.2, 0.25) is 11.6 Å². The zero-order valence-electron chi connectivity index (χ0n) is 17.7. The molecule has 152 valence electrons. The van der Waals surface area contributed by atoms with Crippen LogP contribution in [0.5, 0.6) is 0 Å². The van der Waals surface area contributed by atoms with Crippen LogP contribution in [-0.2, 0) is 0 Å². The van der Waals surface area contributed by atoms with Gasteiger partial charge < -0.3 is 4.90 Å². The first-order chi connectivity index (χ1) is 13.6. The smallest absolute Gasteiger partial charge is 0.233 e. The Morgan fingerprint density at radius 2 is 1.07 bits per heavy atom. The molecule has 0 aliphatic heterocycles. The molecule has 0 amide bonds. The summed E-state index contributed by atoms with van der Waals surface area (Å²) in [6.45, 7) is 10.5. The van der Waals surface area contributed by atoms with Crippen LogP contribution in [0.3, 0.4) is 0 Å². The molecular weight excluding hydrogens is 346 g/mol. The lowest BCUT2D eigenvalue weighted by Gasteiger charge is -2.17. The van der Waals surface area contributed by atoms with Crippen LogP contribution < -0.4 is 0 Å². The molecule has 3 heteroatoms. The normalized spacial score (nSPS) is 10.3. The van der Waals surface area contributed by atoms with Gasteiger partial charge in [-0.25, -0.2) is 0 Å². The van der Waals surface area contributed by atoms with E-state index in [2.05, 4.69) is 25.7 Å². The van der Waals surface area contributed by atoms with E-state index in [1.54, 1.807) is 48.5 Å². The van der Waals surface area contributed by atoms with Crippen molar-refractivity contribution in [3.05, 3.63) is 71.8 Å². The Morgan fingerprint density at radius 1 is 0.643 bits per heavy atom. The Labute approximate surface area is 170 Å². The minimum atomic E-state index is -0.466. The zero-order valence-corrected chi connectivity index (χ0v) is 17.7. The molecule has 2 aromatic carbocycles. The van der Waals surface area contributed by atoms with Gasteiger partial charge >= 0.3 is 0 Å². The van der Waals surface area contributed by atoms with E-state index in [1.165, 1.54) is 51.7 Å². The summed E-state index contributed by atoms with van der Waals surface area (Å²) in [6, 6.07) is 17.2. The molecule has 0 radical (unpaired) electrons. The van der Waals surface area contributed by atoms with Crippen molar-refractivity contribution in [2.24, 2.45) is 0 Å². The molecule has 0 fully saturated rings. The predicted octanol–water partition coefficient (Wildman–Crippen LogP) is 6.05. The molecule has 0 aromatic heterocycles. The third kappa shape index (κ3) is 9.09. The Bertz CT molecular complexity index is 614. The number of unbranched alkanes of at least 4 members (excludes halogenated alkanes) is 4. The summed E-state index contributed by atoms with van der Waals surface area (Å²) < 4.78 is 0. The molecule has 0 aliphatic rings. The lowest BCUT2D eigenvalue weighted by atomic mass is 10.0. The van der Waals surface area contributed by atoms with Crippen LogP contribution in [0.25, 0.3) is 0 Å². The molecule has 3 nitrogen and oxygen atoms in total. The fourth-order valence-corrected chi connectivity index (χ4v) is 2.92. The maximum absolute atomic E-state index is 11.8. The standard InChI is InChI=1S/C14H10O2.C11H25N/c15-13(11-7-3-1-4-8-11)14(16)12-9-5-2-6-10-12;1-4-7-8-9-10-11-12(5-2)6-3/h1-10H;4-11H2,1-3H3.